The van der Waals surface area contributed by atoms with Crippen molar-refractivity contribution in [2.45, 2.75) is 44.9 Å². The van der Waals surface area contributed by atoms with Crippen molar-refractivity contribution in [3.8, 4) is 0 Å². The Labute approximate surface area is 133 Å². The lowest BCUT2D eigenvalue weighted by molar-refractivity contribution is -0.129. The molecule has 0 aromatic carbocycles. The summed E-state index contributed by atoms with van der Waals surface area (Å²) in [5, 5.41) is 3.00. The number of rotatable bonds is 8. The van der Waals surface area contributed by atoms with Crippen molar-refractivity contribution in [2.24, 2.45) is 5.92 Å². The van der Waals surface area contributed by atoms with Gasteiger partial charge in [0.2, 0.25) is 11.8 Å². The van der Waals surface area contributed by atoms with Gasteiger partial charge in [-0.15, -0.1) is 0 Å². The Kier molecular flexibility index (Phi) is 6.90. The molecule has 1 heterocycles. The zero-order valence-electron chi connectivity index (χ0n) is 13.6. The number of carbonyl (C=O) groups is 2. The summed E-state index contributed by atoms with van der Waals surface area (Å²) in [5.41, 5.74) is 1.47. The molecule has 2 amide bonds. The molecule has 5 heteroatoms. The maximum absolute atomic E-state index is 12.2. The Morgan fingerprint density at radius 3 is 3.05 bits per heavy atom. The standard InChI is InChI=1S/C17H28N2O3/c1-22-11-5-10-19-13-15(12-16(19)20)17(21)18-9-8-14-6-3-2-4-7-14/h6,15H,2-5,7-13H2,1H3,(H,18,21). The average molecular weight is 308 g/mol. The van der Waals surface area contributed by atoms with E-state index in [1.807, 2.05) is 0 Å². The SMILES string of the molecule is COCCCN1CC(C(=O)NCCC2=CCCCC2)CC1=O. The third-order valence-electron chi connectivity index (χ3n) is 4.49. The fourth-order valence-corrected chi connectivity index (χ4v) is 3.19. The van der Waals surface area contributed by atoms with Crippen molar-refractivity contribution < 1.29 is 14.3 Å². The first-order valence-electron chi connectivity index (χ1n) is 8.43. The van der Waals surface area contributed by atoms with Gasteiger partial charge in [0.25, 0.3) is 0 Å². The minimum absolute atomic E-state index is 0.0269. The van der Waals surface area contributed by atoms with Crippen molar-refractivity contribution in [1.29, 1.82) is 0 Å². The van der Waals surface area contributed by atoms with Crippen LogP contribution in [0.5, 0.6) is 0 Å². The molecule has 0 saturated carbocycles. The molecule has 124 valence electrons. The minimum atomic E-state index is -0.185. The van der Waals surface area contributed by atoms with Crippen LogP contribution in [0.3, 0.4) is 0 Å². The van der Waals surface area contributed by atoms with Crippen molar-refractivity contribution >= 4 is 11.8 Å². The van der Waals surface area contributed by atoms with Crippen LogP contribution >= 0.6 is 0 Å². The number of amides is 2. The number of hydrogen-bond acceptors (Lipinski definition) is 3. The van der Waals surface area contributed by atoms with E-state index in [4.69, 9.17) is 4.74 Å². The average Bonchev–Trinajstić information content (AvgIpc) is 2.90. The van der Waals surface area contributed by atoms with Crippen LogP contribution in [0.25, 0.3) is 0 Å². The van der Waals surface area contributed by atoms with Crippen LogP contribution in [0.15, 0.2) is 11.6 Å². The van der Waals surface area contributed by atoms with Crippen LogP contribution in [-0.2, 0) is 14.3 Å². The number of ether oxygens (including phenoxy) is 1. The van der Waals surface area contributed by atoms with E-state index in [-0.39, 0.29) is 17.7 Å². The molecule has 0 spiro atoms. The lowest BCUT2D eigenvalue weighted by Gasteiger charge is -2.16. The second kappa shape index (κ2) is 8.93. The van der Waals surface area contributed by atoms with E-state index in [1.165, 1.54) is 31.3 Å². The number of allylic oxidation sites excluding steroid dienone is 1. The largest absolute Gasteiger partial charge is 0.385 e. The summed E-state index contributed by atoms with van der Waals surface area (Å²) in [6, 6.07) is 0. The predicted molar refractivity (Wildman–Crippen MR) is 85.4 cm³/mol. The molecule has 2 rings (SSSR count). The highest BCUT2D eigenvalue weighted by Gasteiger charge is 2.33. The molecule has 1 fully saturated rings. The Hall–Kier alpha value is -1.36. The molecular weight excluding hydrogens is 280 g/mol. The van der Waals surface area contributed by atoms with Crippen molar-refractivity contribution in [2.75, 3.05) is 33.4 Å². The number of nitrogens with one attached hydrogen (secondary N) is 1. The molecule has 0 radical (unpaired) electrons. The lowest BCUT2D eigenvalue weighted by atomic mass is 9.97. The summed E-state index contributed by atoms with van der Waals surface area (Å²) < 4.78 is 5.00. The van der Waals surface area contributed by atoms with Gasteiger partial charge in [-0.05, 0) is 38.5 Å². The zero-order chi connectivity index (χ0) is 15.8. The summed E-state index contributed by atoms with van der Waals surface area (Å²) >= 11 is 0. The molecule has 0 bridgehead atoms. The second-order valence-electron chi connectivity index (χ2n) is 6.24. The molecule has 0 aromatic rings. The fraction of sp³-hybridized carbons (Fsp3) is 0.765. The molecule has 22 heavy (non-hydrogen) atoms. The van der Waals surface area contributed by atoms with Gasteiger partial charge in [0.15, 0.2) is 0 Å². The van der Waals surface area contributed by atoms with Crippen molar-refractivity contribution in [1.82, 2.24) is 10.2 Å². The lowest BCUT2D eigenvalue weighted by Crippen LogP contribution is -2.34. The van der Waals surface area contributed by atoms with Gasteiger partial charge in [0.1, 0.15) is 0 Å². The molecule has 2 aliphatic rings. The molecule has 5 nitrogen and oxygen atoms in total. The first kappa shape index (κ1) is 17.0. The Balaban J connectivity index is 1.67. The van der Waals surface area contributed by atoms with E-state index < -0.39 is 0 Å². The first-order chi connectivity index (χ1) is 10.7. The highest BCUT2D eigenvalue weighted by molar-refractivity contribution is 5.89. The second-order valence-corrected chi connectivity index (χ2v) is 6.24. The molecule has 1 aliphatic heterocycles. The summed E-state index contributed by atoms with van der Waals surface area (Å²) in [6.45, 7) is 2.58. The number of methoxy groups -OCH3 is 1. The van der Waals surface area contributed by atoms with E-state index in [2.05, 4.69) is 11.4 Å². The van der Waals surface area contributed by atoms with Crippen LogP contribution < -0.4 is 5.32 Å². The first-order valence-corrected chi connectivity index (χ1v) is 8.43. The Morgan fingerprint density at radius 1 is 1.45 bits per heavy atom. The van der Waals surface area contributed by atoms with Gasteiger partial charge < -0.3 is 15.0 Å². The number of carbonyl (C=O) groups excluding carboxylic acids is 2. The summed E-state index contributed by atoms with van der Waals surface area (Å²) in [4.78, 5) is 25.9. The van der Waals surface area contributed by atoms with Gasteiger partial charge in [-0.1, -0.05) is 11.6 Å². The van der Waals surface area contributed by atoms with E-state index in [1.54, 1.807) is 12.0 Å². The molecule has 0 aromatic heterocycles. The fourth-order valence-electron chi connectivity index (χ4n) is 3.19. The normalized spacial score (nSPS) is 21.9. The van der Waals surface area contributed by atoms with Gasteiger partial charge in [0, 0.05) is 39.8 Å². The van der Waals surface area contributed by atoms with Gasteiger partial charge in [-0.3, -0.25) is 9.59 Å². The molecule has 1 saturated heterocycles. The number of likely N-dealkylation sites (tertiary alicyclic amines) is 1. The smallest absolute Gasteiger partial charge is 0.225 e. The summed E-state index contributed by atoms with van der Waals surface area (Å²) in [7, 11) is 1.66. The van der Waals surface area contributed by atoms with Gasteiger partial charge >= 0.3 is 0 Å². The monoisotopic (exact) mass is 308 g/mol. The maximum atomic E-state index is 12.2. The summed E-state index contributed by atoms with van der Waals surface area (Å²) in [6.07, 6.45) is 9.34. The predicted octanol–water partition coefficient (Wildman–Crippen LogP) is 1.88. The third-order valence-corrected chi connectivity index (χ3v) is 4.49. The molecule has 1 unspecified atom stereocenters. The molecule has 1 N–H and O–H groups in total. The summed E-state index contributed by atoms with van der Waals surface area (Å²) in [5.74, 6) is -0.0689. The van der Waals surface area contributed by atoms with Gasteiger partial charge in [-0.25, -0.2) is 0 Å². The molecule has 1 aliphatic carbocycles. The highest BCUT2D eigenvalue weighted by Crippen LogP contribution is 2.20. The van der Waals surface area contributed by atoms with E-state index >= 15 is 0 Å². The van der Waals surface area contributed by atoms with Crippen LogP contribution in [-0.4, -0.2) is 50.1 Å². The minimum Gasteiger partial charge on any atom is -0.385 e. The quantitative estimate of drug-likeness (QED) is 0.550. The topological polar surface area (TPSA) is 58.6 Å². The van der Waals surface area contributed by atoms with Crippen LogP contribution in [0.4, 0.5) is 0 Å². The molecular formula is C17H28N2O3. The van der Waals surface area contributed by atoms with Crippen molar-refractivity contribution in [3.63, 3.8) is 0 Å². The number of nitrogens with zero attached hydrogens (tertiary/aromatic N) is 1. The van der Waals surface area contributed by atoms with Crippen molar-refractivity contribution in [3.05, 3.63) is 11.6 Å². The van der Waals surface area contributed by atoms with Gasteiger partial charge in [0.05, 0.1) is 5.92 Å². The Morgan fingerprint density at radius 2 is 2.32 bits per heavy atom. The van der Waals surface area contributed by atoms with Gasteiger partial charge in [-0.2, -0.15) is 0 Å². The van der Waals surface area contributed by atoms with Crippen LogP contribution in [0.1, 0.15) is 44.9 Å². The third kappa shape index (κ3) is 5.13. The van der Waals surface area contributed by atoms with E-state index in [0.29, 0.717) is 32.7 Å². The van der Waals surface area contributed by atoms with Crippen LogP contribution in [0, 0.1) is 5.92 Å². The van der Waals surface area contributed by atoms with E-state index in [0.717, 1.165) is 12.8 Å². The molecule has 1 atom stereocenters. The zero-order valence-corrected chi connectivity index (χ0v) is 13.6. The van der Waals surface area contributed by atoms with Crippen LogP contribution in [0.2, 0.25) is 0 Å². The highest BCUT2D eigenvalue weighted by atomic mass is 16.5. The Bertz CT molecular complexity index is 420. The van der Waals surface area contributed by atoms with E-state index in [9.17, 15) is 9.59 Å². The number of hydrogen-bond donors (Lipinski definition) is 1. The maximum Gasteiger partial charge on any atom is 0.225 e.